The van der Waals surface area contributed by atoms with Crippen LogP contribution in [0.4, 0.5) is 11.4 Å². The van der Waals surface area contributed by atoms with Crippen molar-refractivity contribution in [2.45, 2.75) is 0 Å². The van der Waals surface area contributed by atoms with Crippen LogP contribution >= 0.6 is 23.2 Å². The summed E-state index contributed by atoms with van der Waals surface area (Å²) in [4.78, 5) is 25.3. The maximum Gasteiger partial charge on any atom is 0.288 e. The third-order valence-corrected chi connectivity index (χ3v) is 4.37. The molecule has 0 radical (unpaired) electrons. The zero-order chi connectivity index (χ0) is 19.7. The molecule has 0 spiro atoms. The molecule has 0 fully saturated rings. The number of carbonyl (C=O) groups is 1. The van der Waals surface area contributed by atoms with Crippen LogP contribution in [0.25, 0.3) is 0 Å². The van der Waals surface area contributed by atoms with Gasteiger partial charge < -0.3 is 4.90 Å². The topological polar surface area (TPSA) is 79.0 Å². The van der Waals surface area contributed by atoms with Crippen LogP contribution in [0.2, 0.25) is 10.0 Å². The third kappa shape index (κ3) is 3.65. The highest BCUT2D eigenvalue weighted by atomic mass is 35.5. The molecule has 7 nitrogen and oxygen atoms in total. The number of amides is 1. The molecule has 1 heterocycles. The van der Waals surface area contributed by atoms with Crippen molar-refractivity contribution < 1.29 is 9.72 Å². The van der Waals surface area contributed by atoms with Gasteiger partial charge in [0.15, 0.2) is 0 Å². The highest BCUT2D eigenvalue weighted by Crippen LogP contribution is 2.35. The Morgan fingerprint density at radius 1 is 1.15 bits per heavy atom. The molecule has 2 aromatic carbocycles. The zero-order valence-electron chi connectivity index (χ0n) is 14.4. The predicted molar refractivity (Wildman–Crippen MR) is 105 cm³/mol. The predicted octanol–water partition coefficient (Wildman–Crippen LogP) is 4.10. The van der Waals surface area contributed by atoms with Crippen LogP contribution in [-0.4, -0.2) is 35.5 Å². The Kier molecular flexibility index (Phi) is 5.16. The van der Waals surface area contributed by atoms with Gasteiger partial charge in [-0.2, -0.15) is 10.1 Å². The van der Waals surface area contributed by atoms with Crippen LogP contribution in [0.15, 0.2) is 59.3 Å². The van der Waals surface area contributed by atoms with Gasteiger partial charge in [0.2, 0.25) is 0 Å². The Morgan fingerprint density at radius 2 is 1.81 bits per heavy atom. The fourth-order valence-corrected chi connectivity index (χ4v) is 3.13. The minimum Gasteiger partial charge on any atom is -0.383 e. The van der Waals surface area contributed by atoms with Crippen molar-refractivity contribution >= 4 is 46.2 Å². The van der Waals surface area contributed by atoms with Crippen LogP contribution < -0.4 is 5.01 Å². The van der Waals surface area contributed by atoms with E-state index in [9.17, 15) is 14.9 Å². The van der Waals surface area contributed by atoms with Crippen molar-refractivity contribution in [3.8, 4) is 0 Å². The van der Waals surface area contributed by atoms with E-state index in [0.29, 0.717) is 5.69 Å². The van der Waals surface area contributed by atoms with Crippen LogP contribution in [0, 0.1) is 10.1 Å². The molecule has 27 heavy (non-hydrogen) atoms. The molecule has 0 aromatic heterocycles. The Balaban J connectivity index is 2.20. The van der Waals surface area contributed by atoms with E-state index in [1.807, 2.05) is 6.07 Å². The minimum atomic E-state index is -0.607. The molecule has 1 aliphatic heterocycles. The first-order chi connectivity index (χ1) is 12.8. The molecule has 1 aliphatic rings. The van der Waals surface area contributed by atoms with E-state index in [-0.39, 0.29) is 38.5 Å². The van der Waals surface area contributed by atoms with E-state index in [4.69, 9.17) is 23.2 Å². The Bertz CT molecular complexity index is 988. The summed E-state index contributed by atoms with van der Waals surface area (Å²) in [5.74, 6) is -0.362. The summed E-state index contributed by atoms with van der Waals surface area (Å²) < 4.78 is 0. The van der Waals surface area contributed by atoms with Gasteiger partial charge in [0.25, 0.3) is 11.6 Å². The molecule has 0 aliphatic carbocycles. The van der Waals surface area contributed by atoms with Crippen LogP contribution in [-0.2, 0) is 4.79 Å². The van der Waals surface area contributed by atoms with Crippen LogP contribution in [0.3, 0.4) is 0 Å². The van der Waals surface area contributed by atoms with Gasteiger partial charge in [-0.25, -0.2) is 0 Å². The highest BCUT2D eigenvalue weighted by molar-refractivity contribution is 6.42. The van der Waals surface area contributed by atoms with Gasteiger partial charge in [0, 0.05) is 31.9 Å². The number of para-hydroxylation sites is 1. The molecule has 0 N–H and O–H groups in total. The standard InChI is InChI=1S/C18H14Cl2N4O3/c1-22(2)10-13-17(12-8-16(24(26)27)15(20)9-14(12)19)21-23(18(13)25)11-6-4-3-5-7-11/h3-10H,1-2H3. The van der Waals surface area contributed by atoms with E-state index in [1.54, 1.807) is 49.5 Å². The quantitative estimate of drug-likeness (QED) is 0.436. The number of nitrogens with zero attached hydrogens (tertiary/aromatic N) is 4. The lowest BCUT2D eigenvalue weighted by Crippen LogP contribution is -2.22. The number of benzene rings is 2. The van der Waals surface area contributed by atoms with Crippen molar-refractivity contribution in [2.75, 3.05) is 19.1 Å². The van der Waals surface area contributed by atoms with E-state index in [1.165, 1.54) is 17.1 Å². The van der Waals surface area contributed by atoms with Crippen molar-refractivity contribution in [3.63, 3.8) is 0 Å². The molecule has 0 bridgehead atoms. The van der Waals surface area contributed by atoms with E-state index in [2.05, 4.69) is 5.10 Å². The Morgan fingerprint density at radius 3 is 2.41 bits per heavy atom. The molecular weight excluding hydrogens is 391 g/mol. The SMILES string of the molecule is CN(C)C=C1C(=O)N(c2ccccc2)N=C1c1cc([N+](=O)[O-])c(Cl)cc1Cl. The number of nitro groups is 1. The summed E-state index contributed by atoms with van der Waals surface area (Å²) in [5, 5.41) is 17.0. The zero-order valence-corrected chi connectivity index (χ0v) is 15.9. The number of hydrogen-bond acceptors (Lipinski definition) is 5. The number of rotatable bonds is 4. The average Bonchev–Trinajstić information content (AvgIpc) is 2.92. The average molecular weight is 405 g/mol. The van der Waals surface area contributed by atoms with Gasteiger partial charge in [-0.1, -0.05) is 41.4 Å². The number of halogens is 2. The summed E-state index contributed by atoms with van der Waals surface area (Å²) in [5.41, 5.74) is 1.02. The molecular formula is C18H14Cl2N4O3. The number of hydrazone groups is 1. The van der Waals surface area contributed by atoms with Gasteiger partial charge >= 0.3 is 0 Å². The van der Waals surface area contributed by atoms with Crippen molar-refractivity contribution in [2.24, 2.45) is 5.10 Å². The molecule has 0 saturated carbocycles. The van der Waals surface area contributed by atoms with Crippen LogP contribution in [0.1, 0.15) is 5.56 Å². The molecule has 0 unspecified atom stereocenters. The number of anilines is 1. The maximum atomic E-state index is 12.9. The summed E-state index contributed by atoms with van der Waals surface area (Å²) in [6.45, 7) is 0. The molecule has 0 saturated heterocycles. The van der Waals surface area contributed by atoms with Gasteiger partial charge in [-0.3, -0.25) is 14.9 Å². The highest BCUT2D eigenvalue weighted by Gasteiger charge is 2.34. The number of hydrogen-bond donors (Lipinski definition) is 0. The van der Waals surface area contributed by atoms with Crippen LogP contribution in [0.5, 0.6) is 0 Å². The first kappa shape index (κ1) is 18.9. The first-order valence-electron chi connectivity index (χ1n) is 7.80. The molecule has 1 amide bonds. The van der Waals surface area contributed by atoms with Gasteiger partial charge in [0.1, 0.15) is 10.7 Å². The lowest BCUT2D eigenvalue weighted by Gasteiger charge is -2.12. The monoisotopic (exact) mass is 404 g/mol. The van der Waals surface area contributed by atoms with E-state index >= 15 is 0 Å². The second-order valence-corrected chi connectivity index (χ2v) is 6.76. The van der Waals surface area contributed by atoms with Crippen molar-refractivity contribution in [3.05, 3.63) is 80.0 Å². The largest absolute Gasteiger partial charge is 0.383 e. The van der Waals surface area contributed by atoms with Crippen molar-refractivity contribution in [1.29, 1.82) is 0 Å². The number of carbonyl (C=O) groups excluding carboxylic acids is 1. The molecule has 2 aromatic rings. The third-order valence-electron chi connectivity index (χ3n) is 3.75. The summed E-state index contributed by atoms with van der Waals surface area (Å²) in [6.07, 6.45) is 1.60. The lowest BCUT2D eigenvalue weighted by atomic mass is 10.0. The first-order valence-corrected chi connectivity index (χ1v) is 8.55. The van der Waals surface area contributed by atoms with Crippen molar-refractivity contribution in [1.82, 2.24) is 4.90 Å². The second kappa shape index (κ2) is 7.38. The maximum absolute atomic E-state index is 12.9. The summed E-state index contributed by atoms with van der Waals surface area (Å²) in [7, 11) is 3.52. The molecule has 3 rings (SSSR count). The smallest absolute Gasteiger partial charge is 0.288 e. The fourth-order valence-electron chi connectivity index (χ4n) is 2.59. The second-order valence-electron chi connectivity index (χ2n) is 5.95. The molecule has 0 atom stereocenters. The van der Waals surface area contributed by atoms with E-state index in [0.717, 1.165) is 0 Å². The van der Waals surface area contributed by atoms with Gasteiger partial charge in [-0.15, -0.1) is 0 Å². The molecule has 138 valence electrons. The van der Waals surface area contributed by atoms with Gasteiger partial charge in [0.05, 0.1) is 21.2 Å². The Hall–Kier alpha value is -2.90. The fraction of sp³-hybridized carbons (Fsp3) is 0.111. The van der Waals surface area contributed by atoms with E-state index < -0.39 is 4.92 Å². The lowest BCUT2D eigenvalue weighted by molar-refractivity contribution is -0.384. The number of nitro benzene ring substituents is 1. The molecule has 9 heteroatoms. The Labute approximate surface area is 165 Å². The normalized spacial score (nSPS) is 15.3. The summed E-state index contributed by atoms with van der Waals surface area (Å²) in [6, 6.07) is 11.4. The minimum absolute atomic E-state index is 0.0864. The summed E-state index contributed by atoms with van der Waals surface area (Å²) >= 11 is 12.2. The van der Waals surface area contributed by atoms with Gasteiger partial charge in [-0.05, 0) is 18.2 Å².